The van der Waals surface area contributed by atoms with Gasteiger partial charge in [-0.15, -0.1) is 0 Å². The van der Waals surface area contributed by atoms with Crippen LogP contribution >= 0.6 is 11.8 Å². The second-order valence-corrected chi connectivity index (χ2v) is 7.00. The van der Waals surface area contributed by atoms with Crippen LogP contribution in [0.25, 0.3) is 0 Å². The molecule has 0 saturated heterocycles. The molecule has 2 N–H and O–H groups in total. The Morgan fingerprint density at radius 2 is 1.88 bits per heavy atom. The summed E-state index contributed by atoms with van der Waals surface area (Å²) >= 11 is 2.08. The summed E-state index contributed by atoms with van der Waals surface area (Å²) in [6.45, 7) is 2.43. The summed E-state index contributed by atoms with van der Waals surface area (Å²) in [5.41, 5.74) is -0.0523. The lowest BCUT2D eigenvalue weighted by atomic mass is 10.0. The summed E-state index contributed by atoms with van der Waals surface area (Å²) in [6, 6.07) is 0.684. The van der Waals surface area contributed by atoms with Gasteiger partial charge in [-0.2, -0.15) is 11.8 Å². The molecule has 2 aliphatic rings. The average Bonchev–Trinajstić information content (AvgIpc) is 3.12. The van der Waals surface area contributed by atoms with E-state index in [1.54, 1.807) is 0 Å². The van der Waals surface area contributed by atoms with Crippen LogP contribution in [-0.2, 0) is 0 Å². The van der Waals surface area contributed by atoms with Crippen molar-refractivity contribution in [2.45, 2.75) is 68.7 Å². The molecule has 0 bridgehead atoms. The monoisotopic (exact) mass is 243 g/mol. The number of thioether (sulfide) groups is 1. The van der Waals surface area contributed by atoms with Crippen LogP contribution in [0.3, 0.4) is 0 Å². The van der Waals surface area contributed by atoms with E-state index in [1.807, 2.05) is 0 Å². The average molecular weight is 243 g/mol. The van der Waals surface area contributed by atoms with Crippen molar-refractivity contribution >= 4 is 11.8 Å². The van der Waals surface area contributed by atoms with Crippen LogP contribution in [-0.4, -0.2) is 34.3 Å². The number of hydrogen-bond acceptors (Lipinski definition) is 3. The molecule has 94 valence electrons. The molecule has 0 aliphatic heterocycles. The smallest absolute Gasteiger partial charge is 0.0618 e. The molecular weight excluding hydrogens is 218 g/mol. The highest BCUT2D eigenvalue weighted by molar-refractivity contribution is 7.99. The molecule has 0 spiro atoms. The van der Waals surface area contributed by atoms with Crippen LogP contribution in [0.15, 0.2) is 0 Å². The minimum atomic E-state index is -0.0523. The van der Waals surface area contributed by atoms with Gasteiger partial charge in [0.2, 0.25) is 0 Å². The first kappa shape index (κ1) is 12.7. The Hall–Kier alpha value is 0.270. The Morgan fingerprint density at radius 1 is 1.19 bits per heavy atom. The van der Waals surface area contributed by atoms with Crippen molar-refractivity contribution in [3.63, 3.8) is 0 Å². The topological polar surface area (TPSA) is 32.3 Å². The molecule has 3 heteroatoms. The number of hydrogen-bond donors (Lipinski definition) is 2. The molecule has 0 aromatic rings. The Balaban J connectivity index is 1.71. The molecule has 1 unspecified atom stereocenters. The quantitative estimate of drug-likeness (QED) is 0.752. The summed E-state index contributed by atoms with van der Waals surface area (Å²) in [7, 11) is 0. The fourth-order valence-corrected chi connectivity index (χ4v) is 3.83. The maximum Gasteiger partial charge on any atom is 0.0618 e. The van der Waals surface area contributed by atoms with E-state index in [0.29, 0.717) is 6.04 Å². The van der Waals surface area contributed by atoms with Gasteiger partial charge in [-0.25, -0.2) is 0 Å². The standard InChI is InChI=1S/C13H25NOS/c1-13(9-15,14-11-7-8-11)10-16-12-5-3-2-4-6-12/h11-12,14-15H,2-10H2,1H3. The van der Waals surface area contributed by atoms with E-state index in [2.05, 4.69) is 24.0 Å². The van der Waals surface area contributed by atoms with Crippen molar-refractivity contribution in [3.8, 4) is 0 Å². The molecule has 0 aromatic carbocycles. The van der Waals surface area contributed by atoms with Gasteiger partial charge in [0.1, 0.15) is 0 Å². The van der Waals surface area contributed by atoms with E-state index < -0.39 is 0 Å². The first-order valence-electron chi connectivity index (χ1n) is 6.72. The highest BCUT2D eigenvalue weighted by Crippen LogP contribution is 2.31. The molecule has 0 heterocycles. The SMILES string of the molecule is CC(CO)(CSC1CCCCC1)NC1CC1. The van der Waals surface area contributed by atoms with Crippen molar-refractivity contribution < 1.29 is 5.11 Å². The summed E-state index contributed by atoms with van der Waals surface area (Å²) in [4.78, 5) is 0. The molecule has 2 nitrogen and oxygen atoms in total. The van der Waals surface area contributed by atoms with E-state index >= 15 is 0 Å². The highest BCUT2D eigenvalue weighted by atomic mass is 32.2. The molecule has 2 saturated carbocycles. The van der Waals surface area contributed by atoms with Gasteiger partial charge in [0.25, 0.3) is 0 Å². The van der Waals surface area contributed by atoms with Crippen LogP contribution in [0.1, 0.15) is 51.9 Å². The molecule has 2 fully saturated rings. The number of rotatable bonds is 6. The maximum absolute atomic E-state index is 9.52. The zero-order valence-electron chi connectivity index (χ0n) is 10.4. The first-order valence-corrected chi connectivity index (χ1v) is 7.77. The van der Waals surface area contributed by atoms with Gasteiger partial charge < -0.3 is 10.4 Å². The zero-order valence-corrected chi connectivity index (χ0v) is 11.2. The zero-order chi connectivity index (χ0) is 11.4. The lowest BCUT2D eigenvalue weighted by molar-refractivity contribution is 0.190. The minimum Gasteiger partial charge on any atom is -0.394 e. The van der Waals surface area contributed by atoms with Crippen LogP contribution in [0.4, 0.5) is 0 Å². The predicted octanol–water partition coefficient (Wildman–Crippen LogP) is 2.56. The molecule has 0 aromatic heterocycles. The molecular formula is C13H25NOS. The lowest BCUT2D eigenvalue weighted by Crippen LogP contribution is -2.49. The lowest BCUT2D eigenvalue weighted by Gasteiger charge is -2.31. The van der Waals surface area contributed by atoms with Gasteiger partial charge in [-0.05, 0) is 32.6 Å². The number of nitrogens with one attached hydrogen (secondary N) is 1. The predicted molar refractivity (Wildman–Crippen MR) is 71.0 cm³/mol. The van der Waals surface area contributed by atoms with E-state index in [1.165, 1.54) is 44.9 Å². The van der Waals surface area contributed by atoms with Gasteiger partial charge in [-0.1, -0.05) is 19.3 Å². The molecule has 0 radical (unpaired) electrons. The van der Waals surface area contributed by atoms with Crippen LogP contribution < -0.4 is 5.32 Å². The third-order valence-corrected chi connectivity index (χ3v) is 5.42. The van der Waals surface area contributed by atoms with Crippen molar-refractivity contribution in [1.82, 2.24) is 5.32 Å². The summed E-state index contributed by atoms with van der Waals surface area (Å²) in [5, 5.41) is 13.9. The first-order chi connectivity index (χ1) is 7.72. The second-order valence-electron chi connectivity index (χ2n) is 5.71. The second kappa shape index (κ2) is 5.74. The Labute approximate surface area is 104 Å². The maximum atomic E-state index is 9.52. The van der Waals surface area contributed by atoms with Gasteiger partial charge in [-0.3, -0.25) is 0 Å². The number of aliphatic hydroxyl groups is 1. The van der Waals surface area contributed by atoms with E-state index in [4.69, 9.17) is 0 Å². The van der Waals surface area contributed by atoms with Crippen LogP contribution in [0.2, 0.25) is 0 Å². The normalized spacial score (nSPS) is 26.6. The van der Waals surface area contributed by atoms with Crippen LogP contribution in [0.5, 0.6) is 0 Å². The largest absolute Gasteiger partial charge is 0.394 e. The van der Waals surface area contributed by atoms with Crippen molar-refractivity contribution in [2.24, 2.45) is 0 Å². The fourth-order valence-electron chi connectivity index (χ4n) is 2.39. The van der Waals surface area contributed by atoms with Gasteiger partial charge in [0.15, 0.2) is 0 Å². The highest BCUT2D eigenvalue weighted by Gasteiger charge is 2.32. The fraction of sp³-hybridized carbons (Fsp3) is 1.00. The molecule has 2 aliphatic carbocycles. The van der Waals surface area contributed by atoms with E-state index in [-0.39, 0.29) is 12.1 Å². The molecule has 1 atom stereocenters. The third kappa shape index (κ3) is 3.94. The Kier molecular flexibility index (Phi) is 4.57. The van der Waals surface area contributed by atoms with Crippen LogP contribution in [0, 0.1) is 0 Å². The van der Waals surface area contributed by atoms with Gasteiger partial charge in [0.05, 0.1) is 6.61 Å². The third-order valence-electron chi connectivity index (χ3n) is 3.67. The molecule has 16 heavy (non-hydrogen) atoms. The van der Waals surface area contributed by atoms with Gasteiger partial charge >= 0.3 is 0 Å². The Bertz CT molecular complexity index is 214. The molecule has 0 amide bonds. The summed E-state index contributed by atoms with van der Waals surface area (Å²) < 4.78 is 0. The summed E-state index contributed by atoms with van der Waals surface area (Å²) in [6.07, 6.45) is 9.60. The van der Waals surface area contributed by atoms with Crippen molar-refractivity contribution in [1.29, 1.82) is 0 Å². The van der Waals surface area contributed by atoms with Crippen molar-refractivity contribution in [3.05, 3.63) is 0 Å². The number of aliphatic hydroxyl groups excluding tert-OH is 1. The van der Waals surface area contributed by atoms with E-state index in [9.17, 15) is 5.11 Å². The van der Waals surface area contributed by atoms with Crippen molar-refractivity contribution in [2.75, 3.05) is 12.4 Å². The summed E-state index contributed by atoms with van der Waals surface area (Å²) in [5.74, 6) is 1.06. The minimum absolute atomic E-state index is 0.0523. The van der Waals surface area contributed by atoms with Gasteiger partial charge in [0, 0.05) is 22.6 Å². The van der Waals surface area contributed by atoms with E-state index in [0.717, 1.165) is 11.0 Å². The Morgan fingerprint density at radius 3 is 2.44 bits per heavy atom. The molecule has 2 rings (SSSR count).